The fourth-order valence-corrected chi connectivity index (χ4v) is 3.25. The molecule has 1 fully saturated rings. The second-order valence-electron chi connectivity index (χ2n) is 6.12. The van der Waals surface area contributed by atoms with E-state index in [0.29, 0.717) is 50.1 Å². The zero-order valence-corrected chi connectivity index (χ0v) is 13.7. The van der Waals surface area contributed by atoms with E-state index >= 15 is 0 Å². The Morgan fingerprint density at radius 1 is 1.12 bits per heavy atom. The summed E-state index contributed by atoms with van der Waals surface area (Å²) in [5.41, 5.74) is 2.16. The van der Waals surface area contributed by atoms with Crippen LogP contribution in [0.1, 0.15) is 12.2 Å². The van der Waals surface area contributed by atoms with Crippen molar-refractivity contribution in [3.63, 3.8) is 0 Å². The summed E-state index contributed by atoms with van der Waals surface area (Å²) >= 11 is 0. The van der Waals surface area contributed by atoms with Gasteiger partial charge in [0.1, 0.15) is 5.76 Å². The molecule has 1 aliphatic heterocycles. The Kier molecular flexibility index (Phi) is 4.05. The molecule has 1 aromatic carbocycles. The van der Waals surface area contributed by atoms with E-state index in [4.69, 9.17) is 8.83 Å². The fraction of sp³-hybridized carbons (Fsp3) is 0.333. The molecule has 0 aliphatic carbocycles. The monoisotopic (exact) mass is 341 g/mol. The maximum Gasteiger partial charge on any atom is 0.417 e. The largest absolute Gasteiger partial charge is 0.469 e. The second kappa shape index (κ2) is 6.51. The number of hydrogen-bond donors (Lipinski definition) is 1. The number of nitrogens with zero attached hydrogens (tertiary/aromatic N) is 2. The minimum absolute atomic E-state index is 0.141. The molecule has 4 rings (SSSR count). The van der Waals surface area contributed by atoms with E-state index in [2.05, 4.69) is 9.88 Å². The summed E-state index contributed by atoms with van der Waals surface area (Å²) in [6.07, 6.45) is 2.70. The summed E-state index contributed by atoms with van der Waals surface area (Å²) in [4.78, 5) is 30.5. The Labute approximate surface area is 143 Å². The van der Waals surface area contributed by atoms with Crippen LogP contribution in [0, 0.1) is 0 Å². The molecule has 1 amide bonds. The van der Waals surface area contributed by atoms with Gasteiger partial charge in [-0.15, -0.1) is 0 Å². The van der Waals surface area contributed by atoms with Gasteiger partial charge in [0, 0.05) is 39.0 Å². The predicted molar refractivity (Wildman–Crippen MR) is 92.7 cm³/mol. The van der Waals surface area contributed by atoms with Crippen molar-refractivity contribution in [2.75, 3.05) is 31.1 Å². The second-order valence-corrected chi connectivity index (χ2v) is 6.12. The number of hydrogen-bond acceptors (Lipinski definition) is 5. The Morgan fingerprint density at radius 3 is 2.72 bits per heavy atom. The number of furan rings is 1. The predicted octanol–water partition coefficient (Wildman–Crippen LogP) is 2.00. The summed E-state index contributed by atoms with van der Waals surface area (Å²) in [6, 6.07) is 9.37. The quantitative estimate of drug-likeness (QED) is 0.785. The van der Waals surface area contributed by atoms with E-state index in [9.17, 15) is 9.59 Å². The highest BCUT2D eigenvalue weighted by Crippen LogP contribution is 2.26. The molecule has 1 N–H and O–H groups in total. The number of anilines is 1. The lowest BCUT2D eigenvalue weighted by molar-refractivity contribution is -0.131. The molecular weight excluding hydrogens is 322 g/mol. The Bertz CT molecular complexity index is 917. The standard InChI is InChI=1S/C18H19N3O4/c22-16(7-6-13-3-2-12-24-13)21-10-8-20(9-11-21)15-5-1-4-14-17(15)25-18(23)19-14/h1-5,12H,6-11H2,(H,19,23). The average molecular weight is 341 g/mol. The first-order valence-electron chi connectivity index (χ1n) is 8.37. The van der Waals surface area contributed by atoms with Gasteiger partial charge in [-0.25, -0.2) is 4.79 Å². The highest BCUT2D eigenvalue weighted by molar-refractivity contribution is 5.86. The van der Waals surface area contributed by atoms with Gasteiger partial charge >= 0.3 is 5.76 Å². The molecule has 0 bridgehead atoms. The van der Waals surface area contributed by atoms with E-state index in [1.807, 2.05) is 35.2 Å². The van der Waals surface area contributed by atoms with Crippen LogP contribution in [0.2, 0.25) is 0 Å². The molecule has 0 atom stereocenters. The molecule has 130 valence electrons. The Hall–Kier alpha value is -2.96. The minimum atomic E-state index is -0.450. The number of aromatic nitrogens is 1. The first kappa shape index (κ1) is 15.6. The van der Waals surface area contributed by atoms with Crippen molar-refractivity contribution in [2.45, 2.75) is 12.8 Å². The van der Waals surface area contributed by atoms with E-state index in [-0.39, 0.29) is 5.91 Å². The van der Waals surface area contributed by atoms with Crippen molar-refractivity contribution in [3.8, 4) is 0 Å². The van der Waals surface area contributed by atoms with Gasteiger partial charge in [0.15, 0.2) is 5.58 Å². The van der Waals surface area contributed by atoms with Gasteiger partial charge in [-0.1, -0.05) is 6.07 Å². The van der Waals surface area contributed by atoms with Crippen LogP contribution in [0.15, 0.2) is 50.2 Å². The highest BCUT2D eigenvalue weighted by Gasteiger charge is 2.23. The molecule has 1 aliphatic rings. The molecular formula is C18H19N3O4. The molecule has 0 unspecified atom stereocenters. The molecule has 0 radical (unpaired) electrons. The third-order valence-electron chi connectivity index (χ3n) is 4.56. The van der Waals surface area contributed by atoms with Crippen molar-refractivity contribution in [1.82, 2.24) is 9.88 Å². The van der Waals surface area contributed by atoms with Crippen LogP contribution in [0.3, 0.4) is 0 Å². The van der Waals surface area contributed by atoms with Gasteiger partial charge in [-0.05, 0) is 24.3 Å². The highest BCUT2D eigenvalue weighted by atomic mass is 16.4. The molecule has 7 heteroatoms. The smallest absolute Gasteiger partial charge is 0.417 e. The third-order valence-corrected chi connectivity index (χ3v) is 4.56. The molecule has 0 saturated carbocycles. The number of oxazole rings is 1. The fourth-order valence-electron chi connectivity index (χ4n) is 3.25. The molecule has 2 aromatic heterocycles. The van der Waals surface area contributed by atoms with Crippen molar-refractivity contribution in [2.24, 2.45) is 0 Å². The number of benzene rings is 1. The van der Waals surface area contributed by atoms with Gasteiger partial charge in [0.05, 0.1) is 17.5 Å². The number of carbonyl (C=O) groups is 1. The topological polar surface area (TPSA) is 82.7 Å². The summed E-state index contributed by atoms with van der Waals surface area (Å²) in [7, 11) is 0. The number of aromatic amines is 1. The van der Waals surface area contributed by atoms with Crippen molar-refractivity contribution >= 4 is 22.7 Å². The number of rotatable bonds is 4. The lowest BCUT2D eigenvalue weighted by Crippen LogP contribution is -2.48. The first-order chi connectivity index (χ1) is 12.2. The summed E-state index contributed by atoms with van der Waals surface area (Å²) in [5.74, 6) is 0.526. The van der Waals surface area contributed by atoms with Crippen LogP contribution < -0.4 is 10.7 Å². The number of aryl methyl sites for hydroxylation is 1. The number of amides is 1. The number of nitrogens with one attached hydrogen (secondary N) is 1. The van der Waals surface area contributed by atoms with E-state index in [1.54, 1.807) is 6.26 Å². The van der Waals surface area contributed by atoms with Crippen LogP contribution in [-0.2, 0) is 11.2 Å². The molecule has 3 aromatic rings. The molecule has 25 heavy (non-hydrogen) atoms. The number of para-hydroxylation sites is 1. The van der Waals surface area contributed by atoms with E-state index in [0.717, 1.165) is 11.4 Å². The normalized spacial score (nSPS) is 15.0. The zero-order chi connectivity index (χ0) is 17.2. The number of H-pyrrole nitrogens is 1. The van der Waals surface area contributed by atoms with Crippen LogP contribution in [-0.4, -0.2) is 42.0 Å². The average Bonchev–Trinajstić information content (AvgIpc) is 3.27. The minimum Gasteiger partial charge on any atom is -0.469 e. The van der Waals surface area contributed by atoms with Gasteiger partial charge < -0.3 is 18.6 Å². The van der Waals surface area contributed by atoms with Crippen LogP contribution in [0.5, 0.6) is 0 Å². The van der Waals surface area contributed by atoms with Crippen LogP contribution in [0.25, 0.3) is 11.1 Å². The van der Waals surface area contributed by atoms with Gasteiger partial charge in [0.25, 0.3) is 0 Å². The maximum absolute atomic E-state index is 12.4. The van der Waals surface area contributed by atoms with Crippen molar-refractivity contribution in [3.05, 3.63) is 52.9 Å². The SMILES string of the molecule is O=C(CCc1ccco1)N1CCN(c2cccc3[nH]c(=O)oc23)CC1. The summed E-state index contributed by atoms with van der Waals surface area (Å²) < 4.78 is 10.5. The van der Waals surface area contributed by atoms with Crippen molar-refractivity contribution in [1.29, 1.82) is 0 Å². The third kappa shape index (κ3) is 3.17. The van der Waals surface area contributed by atoms with Crippen LogP contribution in [0.4, 0.5) is 5.69 Å². The maximum atomic E-state index is 12.4. The summed E-state index contributed by atoms with van der Waals surface area (Å²) in [6.45, 7) is 2.73. The number of fused-ring (bicyclic) bond motifs is 1. The Balaban J connectivity index is 1.39. The Morgan fingerprint density at radius 2 is 1.96 bits per heavy atom. The molecule has 1 saturated heterocycles. The van der Waals surface area contributed by atoms with Gasteiger partial charge in [-0.2, -0.15) is 0 Å². The molecule has 7 nitrogen and oxygen atoms in total. The van der Waals surface area contributed by atoms with Gasteiger partial charge in [-0.3, -0.25) is 9.78 Å². The van der Waals surface area contributed by atoms with Gasteiger partial charge in [0.2, 0.25) is 5.91 Å². The zero-order valence-electron chi connectivity index (χ0n) is 13.7. The lowest BCUT2D eigenvalue weighted by atomic mass is 10.2. The van der Waals surface area contributed by atoms with Crippen molar-refractivity contribution < 1.29 is 13.6 Å². The molecule has 3 heterocycles. The van der Waals surface area contributed by atoms with E-state index < -0.39 is 5.76 Å². The van der Waals surface area contributed by atoms with Crippen LogP contribution >= 0.6 is 0 Å². The summed E-state index contributed by atoms with van der Waals surface area (Å²) in [5, 5.41) is 0. The molecule has 0 spiro atoms. The number of carbonyl (C=O) groups excluding carboxylic acids is 1. The lowest BCUT2D eigenvalue weighted by Gasteiger charge is -2.36. The first-order valence-corrected chi connectivity index (χ1v) is 8.37. The van der Waals surface area contributed by atoms with E-state index in [1.165, 1.54) is 0 Å². The number of piperazine rings is 1.